The maximum absolute atomic E-state index is 13.6. The molecule has 9 nitrogen and oxygen atoms in total. The van der Waals surface area contributed by atoms with Crippen LogP contribution in [0.15, 0.2) is 71.6 Å². The lowest BCUT2D eigenvalue weighted by Crippen LogP contribution is -2.38. The molecule has 188 valence electrons. The number of aryl methyl sites for hydroxylation is 1. The summed E-state index contributed by atoms with van der Waals surface area (Å²) in [5.41, 5.74) is 0.761. The number of esters is 2. The Balaban J connectivity index is 2.04. The Morgan fingerprint density at radius 3 is 2.22 bits per heavy atom. The highest BCUT2D eigenvalue weighted by Gasteiger charge is 2.29. The van der Waals surface area contributed by atoms with Crippen LogP contribution in [0.25, 0.3) is 0 Å². The van der Waals surface area contributed by atoms with Gasteiger partial charge in [-0.25, -0.2) is 18.0 Å². The van der Waals surface area contributed by atoms with Gasteiger partial charge < -0.3 is 14.8 Å². The first-order valence-corrected chi connectivity index (χ1v) is 12.3. The lowest BCUT2D eigenvalue weighted by atomic mass is 10.1. The molecule has 0 radical (unpaired) electrons. The molecular formula is C25H23ClN2O7S. The molecule has 0 spiro atoms. The summed E-state index contributed by atoms with van der Waals surface area (Å²) in [7, 11) is -1.84. The maximum atomic E-state index is 13.6. The van der Waals surface area contributed by atoms with Crippen molar-refractivity contribution in [1.82, 2.24) is 0 Å². The van der Waals surface area contributed by atoms with Crippen LogP contribution in [-0.4, -0.2) is 47.0 Å². The van der Waals surface area contributed by atoms with Gasteiger partial charge >= 0.3 is 11.9 Å². The number of sulfonamides is 1. The number of hydrogen-bond acceptors (Lipinski definition) is 7. The van der Waals surface area contributed by atoms with Crippen molar-refractivity contribution in [3.8, 4) is 0 Å². The van der Waals surface area contributed by atoms with Gasteiger partial charge in [-0.1, -0.05) is 35.9 Å². The highest BCUT2D eigenvalue weighted by atomic mass is 35.5. The first kappa shape index (κ1) is 26.7. The standard InChI is InChI=1S/C25H23ClN2O7S/c1-16-9-11-18(26)14-22(16)28(36(32,33)19-7-5-4-6-8-19)15-23(29)27-21-13-17(24(30)34-2)10-12-20(21)25(31)35-3/h4-14H,15H2,1-3H3,(H,27,29). The van der Waals surface area contributed by atoms with Crippen molar-refractivity contribution in [2.24, 2.45) is 0 Å². The number of ether oxygens (including phenoxy) is 2. The van der Waals surface area contributed by atoms with E-state index < -0.39 is 34.4 Å². The Kier molecular flexibility index (Phi) is 8.33. The second-order valence-electron chi connectivity index (χ2n) is 7.55. The molecular weight excluding hydrogens is 508 g/mol. The third kappa shape index (κ3) is 5.84. The van der Waals surface area contributed by atoms with Gasteiger partial charge in [-0.2, -0.15) is 0 Å². The zero-order valence-corrected chi connectivity index (χ0v) is 21.2. The van der Waals surface area contributed by atoms with E-state index in [2.05, 4.69) is 5.32 Å². The third-order valence-corrected chi connectivity index (χ3v) is 7.19. The molecule has 0 saturated heterocycles. The predicted molar refractivity (Wildman–Crippen MR) is 135 cm³/mol. The molecule has 0 fully saturated rings. The van der Waals surface area contributed by atoms with Crippen LogP contribution in [0.4, 0.5) is 11.4 Å². The number of halogens is 1. The molecule has 3 rings (SSSR count). The predicted octanol–water partition coefficient (Wildman–Crippen LogP) is 4.06. The van der Waals surface area contributed by atoms with Crippen LogP contribution in [0.3, 0.4) is 0 Å². The molecule has 3 aromatic carbocycles. The molecule has 0 aliphatic rings. The quantitative estimate of drug-likeness (QED) is 0.436. The van der Waals surface area contributed by atoms with Crippen molar-refractivity contribution in [2.75, 3.05) is 30.4 Å². The zero-order valence-electron chi connectivity index (χ0n) is 19.6. The number of methoxy groups -OCH3 is 2. The molecule has 0 aliphatic carbocycles. The number of benzene rings is 3. The van der Waals surface area contributed by atoms with Gasteiger partial charge in [0, 0.05) is 5.02 Å². The van der Waals surface area contributed by atoms with E-state index in [-0.39, 0.29) is 32.4 Å². The minimum Gasteiger partial charge on any atom is -0.465 e. The smallest absolute Gasteiger partial charge is 0.339 e. The number of carbonyl (C=O) groups excluding carboxylic acids is 3. The van der Waals surface area contributed by atoms with E-state index in [4.69, 9.17) is 21.1 Å². The normalized spacial score (nSPS) is 10.9. The zero-order chi connectivity index (χ0) is 26.5. The van der Waals surface area contributed by atoms with Crippen LogP contribution in [-0.2, 0) is 24.3 Å². The first-order valence-electron chi connectivity index (χ1n) is 10.5. The largest absolute Gasteiger partial charge is 0.465 e. The minimum atomic E-state index is -4.19. The minimum absolute atomic E-state index is 0.0277. The fourth-order valence-corrected chi connectivity index (χ4v) is 5.04. The number of hydrogen-bond donors (Lipinski definition) is 1. The fraction of sp³-hybridized carbons (Fsp3) is 0.160. The molecule has 0 unspecified atom stereocenters. The van der Waals surface area contributed by atoms with E-state index in [9.17, 15) is 22.8 Å². The Morgan fingerprint density at radius 2 is 1.58 bits per heavy atom. The molecule has 0 saturated carbocycles. The van der Waals surface area contributed by atoms with Crippen LogP contribution >= 0.6 is 11.6 Å². The van der Waals surface area contributed by atoms with Gasteiger partial charge in [0.2, 0.25) is 5.91 Å². The van der Waals surface area contributed by atoms with Crippen molar-refractivity contribution in [3.05, 3.63) is 88.4 Å². The Labute approximate surface area is 213 Å². The molecule has 1 N–H and O–H groups in total. The van der Waals surface area contributed by atoms with Crippen molar-refractivity contribution < 1.29 is 32.3 Å². The van der Waals surface area contributed by atoms with Crippen molar-refractivity contribution in [2.45, 2.75) is 11.8 Å². The number of nitrogens with zero attached hydrogens (tertiary/aromatic N) is 1. The SMILES string of the molecule is COC(=O)c1ccc(C(=O)OC)c(NC(=O)CN(c2cc(Cl)ccc2C)S(=O)(=O)c2ccccc2)c1. The summed E-state index contributed by atoms with van der Waals surface area (Å²) in [6, 6.07) is 16.2. The van der Waals surface area contributed by atoms with Gasteiger partial charge in [0.1, 0.15) is 6.54 Å². The van der Waals surface area contributed by atoms with Crippen molar-refractivity contribution in [3.63, 3.8) is 0 Å². The van der Waals surface area contributed by atoms with Crippen LogP contribution in [0.5, 0.6) is 0 Å². The van der Waals surface area contributed by atoms with E-state index in [0.717, 1.165) is 11.4 Å². The van der Waals surface area contributed by atoms with Gasteiger partial charge in [0.15, 0.2) is 0 Å². The van der Waals surface area contributed by atoms with E-state index in [0.29, 0.717) is 5.56 Å². The highest BCUT2D eigenvalue weighted by Crippen LogP contribution is 2.30. The monoisotopic (exact) mass is 530 g/mol. The Hall–Kier alpha value is -3.89. The molecule has 11 heteroatoms. The Bertz CT molecular complexity index is 1410. The van der Waals surface area contributed by atoms with Crippen molar-refractivity contribution in [1.29, 1.82) is 0 Å². The molecule has 0 atom stereocenters. The van der Waals surface area contributed by atoms with E-state index in [1.54, 1.807) is 37.3 Å². The summed E-state index contributed by atoms with van der Waals surface area (Å²) in [5, 5.41) is 2.80. The van der Waals surface area contributed by atoms with E-state index in [1.165, 1.54) is 43.5 Å². The van der Waals surface area contributed by atoms with Crippen LogP contribution in [0.1, 0.15) is 26.3 Å². The molecule has 1 amide bonds. The summed E-state index contributed by atoms with van der Waals surface area (Å²) >= 11 is 6.14. The molecule has 0 aromatic heterocycles. The number of anilines is 2. The topological polar surface area (TPSA) is 119 Å². The molecule has 0 aliphatic heterocycles. The summed E-state index contributed by atoms with van der Waals surface area (Å²) in [6.07, 6.45) is 0. The van der Waals surface area contributed by atoms with Crippen LogP contribution in [0, 0.1) is 6.92 Å². The molecule has 0 heterocycles. The molecule has 36 heavy (non-hydrogen) atoms. The van der Waals surface area contributed by atoms with Gasteiger partial charge in [-0.3, -0.25) is 9.10 Å². The summed E-state index contributed by atoms with van der Waals surface area (Å²) in [6.45, 7) is 1.04. The number of rotatable bonds is 8. The van der Waals surface area contributed by atoms with Crippen LogP contribution < -0.4 is 9.62 Å². The highest BCUT2D eigenvalue weighted by molar-refractivity contribution is 7.92. The number of carbonyl (C=O) groups is 3. The van der Waals surface area contributed by atoms with Gasteiger partial charge in [0.05, 0.1) is 41.6 Å². The van der Waals surface area contributed by atoms with E-state index >= 15 is 0 Å². The summed E-state index contributed by atoms with van der Waals surface area (Å²) in [5.74, 6) is -2.23. The summed E-state index contributed by atoms with van der Waals surface area (Å²) < 4.78 is 37.5. The third-order valence-electron chi connectivity index (χ3n) is 5.18. The average Bonchev–Trinajstić information content (AvgIpc) is 2.88. The lowest BCUT2D eigenvalue weighted by molar-refractivity contribution is -0.114. The lowest BCUT2D eigenvalue weighted by Gasteiger charge is -2.26. The number of amides is 1. The molecule has 3 aromatic rings. The van der Waals surface area contributed by atoms with E-state index in [1.807, 2.05) is 0 Å². The Morgan fingerprint density at radius 1 is 0.917 bits per heavy atom. The second kappa shape index (κ2) is 11.2. The summed E-state index contributed by atoms with van der Waals surface area (Å²) in [4.78, 5) is 37.3. The maximum Gasteiger partial charge on any atom is 0.339 e. The van der Waals surface area contributed by atoms with Crippen LogP contribution in [0.2, 0.25) is 5.02 Å². The van der Waals surface area contributed by atoms with Crippen molar-refractivity contribution >= 4 is 50.8 Å². The van der Waals surface area contributed by atoms with Gasteiger partial charge in [-0.15, -0.1) is 0 Å². The fourth-order valence-electron chi connectivity index (χ4n) is 3.37. The second-order valence-corrected chi connectivity index (χ2v) is 9.85. The number of nitrogens with one attached hydrogen (secondary N) is 1. The van der Waals surface area contributed by atoms with Gasteiger partial charge in [-0.05, 0) is 55.0 Å². The van der Waals surface area contributed by atoms with Gasteiger partial charge in [0.25, 0.3) is 10.0 Å². The first-order chi connectivity index (χ1) is 17.1. The molecule has 0 bridgehead atoms. The average molecular weight is 531 g/mol.